The van der Waals surface area contributed by atoms with Gasteiger partial charge in [-0.2, -0.15) is 18.3 Å². The molecule has 0 radical (unpaired) electrons. The van der Waals surface area contributed by atoms with Crippen LogP contribution < -0.4 is 20.6 Å². The quantitative estimate of drug-likeness (QED) is 0.423. The Balaban J connectivity index is 1.70. The summed E-state index contributed by atoms with van der Waals surface area (Å²) < 4.78 is 49.4. The van der Waals surface area contributed by atoms with Crippen molar-refractivity contribution in [2.75, 3.05) is 18.3 Å². The van der Waals surface area contributed by atoms with Crippen molar-refractivity contribution < 1.29 is 22.6 Å². The van der Waals surface area contributed by atoms with Gasteiger partial charge in [-0.3, -0.25) is 5.43 Å². The molecule has 0 atom stereocenters. The number of methoxy groups -OCH3 is 1. The normalized spacial score (nSPS) is 11.6. The smallest absolute Gasteiger partial charge is 0.416 e. The third kappa shape index (κ3) is 5.61. The molecule has 0 aliphatic carbocycles. The van der Waals surface area contributed by atoms with Crippen LogP contribution in [0.1, 0.15) is 16.7 Å². The molecule has 2 aromatic carbocycles. The Bertz CT molecular complexity index is 1010. The first-order chi connectivity index (χ1) is 13.8. The van der Waals surface area contributed by atoms with Gasteiger partial charge >= 0.3 is 6.18 Å². The Labute approximate surface area is 168 Å². The van der Waals surface area contributed by atoms with E-state index in [0.717, 1.165) is 17.7 Å². The molecule has 0 aliphatic heterocycles. The lowest BCUT2D eigenvalue weighted by atomic mass is 10.1. The number of hydrogen-bond donors (Lipinski definition) is 2. The number of benzene rings is 2. The summed E-state index contributed by atoms with van der Waals surface area (Å²) in [6.07, 6.45) is -2.85. The number of nitrogen functional groups attached to an aromatic ring is 1. The number of anilines is 2. The number of ether oxygens (including phenoxy) is 2. The first-order valence-electron chi connectivity index (χ1n) is 8.32. The monoisotopic (exact) mass is 422 g/mol. The van der Waals surface area contributed by atoms with Crippen LogP contribution in [0.4, 0.5) is 24.1 Å². The van der Waals surface area contributed by atoms with E-state index >= 15 is 0 Å². The molecular formula is C19H17F3N4O2S. The molecule has 152 valence electrons. The second-order valence-electron chi connectivity index (χ2n) is 5.83. The van der Waals surface area contributed by atoms with E-state index in [-0.39, 0.29) is 12.4 Å². The highest BCUT2D eigenvalue weighted by Crippen LogP contribution is 2.31. The topological polar surface area (TPSA) is 81.8 Å². The number of rotatable bonds is 7. The van der Waals surface area contributed by atoms with Crippen LogP contribution >= 0.6 is 11.3 Å². The van der Waals surface area contributed by atoms with E-state index in [0.29, 0.717) is 22.3 Å². The van der Waals surface area contributed by atoms with E-state index < -0.39 is 11.7 Å². The van der Waals surface area contributed by atoms with Crippen LogP contribution in [0.5, 0.6) is 11.5 Å². The molecule has 0 saturated heterocycles. The van der Waals surface area contributed by atoms with Gasteiger partial charge in [-0.25, -0.2) is 4.98 Å². The average molecular weight is 422 g/mol. The van der Waals surface area contributed by atoms with E-state index in [9.17, 15) is 13.2 Å². The van der Waals surface area contributed by atoms with Crippen LogP contribution in [0.15, 0.2) is 52.9 Å². The fourth-order valence-corrected chi connectivity index (χ4v) is 2.96. The van der Waals surface area contributed by atoms with Crippen LogP contribution in [0.3, 0.4) is 0 Å². The zero-order valence-electron chi connectivity index (χ0n) is 15.2. The summed E-state index contributed by atoms with van der Waals surface area (Å²) in [6.45, 7) is 0.0304. The Morgan fingerprint density at radius 3 is 2.76 bits per heavy atom. The lowest BCUT2D eigenvalue weighted by molar-refractivity contribution is -0.137. The molecule has 0 aliphatic rings. The van der Waals surface area contributed by atoms with E-state index in [4.69, 9.17) is 15.2 Å². The molecule has 0 bridgehead atoms. The van der Waals surface area contributed by atoms with Crippen LogP contribution in [-0.2, 0) is 12.8 Å². The number of nitrogens with two attached hydrogens (primary N) is 1. The molecular weight excluding hydrogens is 405 g/mol. The number of alkyl halides is 3. The average Bonchev–Trinajstić information content (AvgIpc) is 3.11. The number of aromatic nitrogens is 1. The maximum atomic E-state index is 12.8. The molecule has 0 amide bonds. The molecule has 0 unspecified atom stereocenters. The summed E-state index contributed by atoms with van der Waals surface area (Å²) in [4.78, 5) is 4.03. The lowest BCUT2D eigenvalue weighted by Crippen LogP contribution is -2.05. The van der Waals surface area contributed by atoms with Crippen molar-refractivity contribution in [3.8, 4) is 11.5 Å². The predicted octanol–water partition coefficient (Wildman–Crippen LogP) is 4.78. The minimum absolute atomic E-state index is 0.0304. The zero-order valence-corrected chi connectivity index (χ0v) is 16.1. The van der Waals surface area contributed by atoms with Gasteiger partial charge in [-0.1, -0.05) is 6.07 Å². The molecule has 0 fully saturated rings. The van der Waals surface area contributed by atoms with Gasteiger partial charge in [-0.15, -0.1) is 11.3 Å². The number of halogens is 3. The van der Waals surface area contributed by atoms with Crippen molar-refractivity contribution in [3.05, 3.63) is 64.5 Å². The highest BCUT2D eigenvalue weighted by molar-refractivity contribution is 7.14. The molecule has 0 spiro atoms. The second-order valence-corrected chi connectivity index (χ2v) is 6.69. The number of nitrogens with one attached hydrogen (secondary N) is 1. The fraction of sp³-hybridized carbons (Fsp3) is 0.158. The first kappa shape index (κ1) is 20.5. The predicted molar refractivity (Wildman–Crippen MR) is 107 cm³/mol. The summed E-state index contributed by atoms with van der Waals surface area (Å²) in [5.74, 6) is 1.07. The molecule has 3 rings (SSSR count). The Hall–Kier alpha value is -3.27. The second kappa shape index (κ2) is 8.82. The van der Waals surface area contributed by atoms with Gasteiger partial charge < -0.3 is 15.2 Å². The van der Waals surface area contributed by atoms with E-state index in [1.165, 1.54) is 30.6 Å². The third-order valence-electron chi connectivity index (χ3n) is 3.76. The van der Waals surface area contributed by atoms with Crippen LogP contribution in [0.2, 0.25) is 0 Å². The van der Waals surface area contributed by atoms with E-state index in [1.807, 2.05) is 0 Å². The maximum Gasteiger partial charge on any atom is 0.416 e. The summed E-state index contributed by atoms with van der Waals surface area (Å²) in [6, 6.07) is 10.0. The fourth-order valence-electron chi connectivity index (χ4n) is 2.41. The number of hydrogen-bond acceptors (Lipinski definition) is 7. The van der Waals surface area contributed by atoms with Gasteiger partial charge in [-0.05, 0) is 42.0 Å². The van der Waals surface area contributed by atoms with Crippen molar-refractivity contribution in [2.45, 2.75) is 12.8 Å². The Morgan fingerprint density at radius 1 is 1.24 bits per heavy atom. The van der Waals surface area contributed by atoms with Gasteiger partial charge in [0.1, 0.15) is 23.9 Å². The van der Waals surface area contributed by atoms with Gasteiger partial charge in [0.05, 0.1) is 18.9 Å². The minimum atomic E-state index is -4.43. The van der Waals surface area contributed by atoms with Crippen molar-refractivity contribution in [2.24, 2.45) is 5.10 Å². The third-order valence-corrected chi connectivity index (χ3v) is 4.52. The number of nitrogens with zero attached hydrogens (tertiary/aromatic N) is 2. The lowest BCUT2D eigenvalue weighted by Gasteiger charge is -2.13. The molecule has 6 nitrogen and oxygen atoms in total. The van der Waals surface area contributed by atoms with Crippen LogP contribution in [0, 0.1) is 0 Å². The summed E-state index contributed by atoms with van der Waals surface area (Å²) in [7, 11) is 1.51. The van der Waals surface area contributed by atoms with E-state index in [1.54, 1.807) is 29.8 Å². The first-order valence-corrected chi connectivity index (χ1v) is 9.20. The van der Waals surface area contributed by atoms with Gasteiger partial charge in [0.2, 0.25) is 5.13 Å². The Morgan fingerprint density at radius 2 is 2.07 bits per heavy atom. The summed E-state index contributed by atoms with van der Waals surface area (Å²) >= 11 is 1.32. The van der Waals surface area contributed by atoms with E-state index in [2.05, 4.69) is 15.5 Å². The van der Waals surface area contributed by atoms with Gasteiger partial charge in [0.15, 0.2) is 0 Å². The molecule has 29 heavy (non-hydrogen) atoms. The van der Waals surface area contributed by atoms with Gasteiger partial charge in [0.25, 0.3) is 0 Å². The molecule has 0 saturated carbocycles. The van der Waals surface area contributed by atoms with Crippen LogP contribution in [-0.4, -0.2) is 18.3 Å². The highest BCUT2D eigenvalue weighted by Gasteiger charge is 2.30. The van der Waals surface area contributed by atoms with Crippen molar-refractivity contribution in [1.29, 1.82) is 0 Å². The zero-order chi connectivity index (χ0) is 20.9. The van der Waals surface area contributed by atoms with Crippen molar-refractivity contribution in [1.82, 2.24) is 4.98 Å². The molecule has 1 heterocycles. The molecule has 1 aromatic heterocycles. The minimum Gasteiger partial charge on any atom is -0.496 e. The molecule has 3 N–H and O–H groups in total. The highest BCUT2D eigenvalue weighted by atomic mass is 32.1. The largest absolute Gasteiger partial charge is 0.496 e. The van der Waals surface area contributed by atoms with Crippen molar-refractivity contribution >= 4 is 28.5 Å². The Kier molecular flexibility index (Phi) is 6.23. The molecule has 3 aromatic rings. The van der Waals surface area contributed by atoms with Crippen LogP contribution in [0.25, 0.3) is 0 Å². The summed E-state index contributed by atoms with van der Waals surface area (Å²) in [5.41, 5.74) is 8.95. The SMILES string of the molecule is COc1ccc(C=NNc2nc(N)cs2)cc1COc1cccc(C(F)(F)F)c1. The van der Waals surface area contributed by atoms with Gasteiger partial charge in [0, 0.05) is 10.9 Å². The summed E-state index contributed by atoms with van der Waals surface area (Å²) in [5, 5.41) is 6.33. The molecule has 10 heteroatoms. The standard InChI is InChI=1S/C19H17F3N4O2S/c1-27-16-6-5-12(9-24-26-18-25-17(23)11-29-18)7-13(16)10-28-15-4-2-3-14(8-15)19(20,21)22/h2-9,11H,10,23H2,1H3,(H,25,26). The maximum absolute atomic E-state index is 12.8. The number of thiazole rings is 1. The van der Waals surface area contributed by atoms with Crippen molar-refractivity contribution in [3.63, 3.8) is 0 Å². The number of hydrazone groups is 1.